The largest absolute Gasteiger partial charge is 0.496 e. The second-order valence-electron chi connectivity index (χ2n) is 6.05. The quantitative estimate of drug-likeness (QED) is 0.583. The molecule has 2 amide bonds. The van der Waals surface area contributed by atoms with Gasteiger partial charge < -0.3 is 20.4 Å². The highest BCUT2D eigenvalue weighted by Crippen LogP contribution is 2.29. The number of methoxy groups -OCH3 is 1. The number of thioether (sulfide) groups is 1. The van der Waals surface area contributed by atoms with Crippen molar-refractivity contribution in [2.24, 2.45) is 0 Å². The van der Waals surface area contributed by atoms with Gasteiger partial charge in [-0.25, -0.2) is 4.68 Å². The number of para-hydroxylation sites is 1. The van der Waals surface area contributed by atoms with E-state index in [0.29, 0.717) is 42.9 Å². The van der Waals surface area contributed by atoms with Crippen molar-refractivity contribution in [3.8, 4) is 17.1 Å². The molecule has 10 heteroatoms. The molecular weight excluding hydrogens is 368 g/mol. The number of carbonyl (C=O) groups excluding carboxylic acids is 2. The maximum atomic E-state index is 12.4. The minimum Gasteiger partial charge on any atom is -0.496 e. The molecule has 1 aromatic heterocycles. The summed E-state index contributed by atoms with van der Waals surface area (Å²) in [5, 5.41) is 8.67. The molecule has 0 unspecified atom stereocenters. The molecule has 0 saturated carbocycles. The third-order valence-corrected chi connectivity index (χ3v) is 5.34. The van der Waals surface area contributed by atoms with Crippen molar-refractivity contribution in [3.63, 3.8) is 0 Å². The second-order valence-corrected chi connectivity index (χ2v) is 6.99. The van der Waals surface area contributed by atoms with E-state index in [9.17, 15) is 9.59 Å². The number of hydrogen-bond acceptors (Lipinski definition) is 7. The van der Waals surface area contributed by atoms with E-state index >= 15 is 0 Å². The van der Waals surface area contributed by atoms with Gasteiger partial charge in [0.05, 0.1) is 18.4 Å². The van der Waals surface area contributed by atoms with Crippen LogP contribution in [0.3, 0.4) is 0 Å². The van der Waals surface area contributed by atoms with Gasteiger partial charge in [-0.3, -0.25) is 9.59 Å². The zero-order valence-corrected chi connectivity index (χ0v) is 16.1. The van der Waals surface area contributed by atoms with Crippen molar-refractivity contribution in [1.29, 1.82) is 0 Å². The molecule has 9 nitrogen and oxygen atoms in total. The van der Waals surface area contributed by atoms with Crippen molar-refractivity contribution in [2.45, 2.75) is 12.1 Å². The van der Waals surface area contributed by atoms with Gasteiger partial charge >= 0.3 is 0 Å². The number of ether oxygens (including phenoxy) is 1. The fraction of sp³-hybridized carbons (Fsp3) is 0.412. The normalized spacial score (nSPS) is 14.3. The first-order chi connectivity index (χ1) is 13.0. The van der Waals surface area contributed by atoms with Crippen LogP contribution in [-0.2, 0) is 9.59 Å². The van der Waals surface area contributed by atoms with E-state index in [1.165, 1.54) is 16.4 Å². The maximum Gasteiger partial charge on any atom is 0.233 e. The van der Waals surface area contributed by atoms with Gasteiger partial charge in [-0.15, -0.1) is 10.2 Å². The first-order valence-electron chi connectivity index (χ1n) is 8.51. The van der Waals surface area contributed by atoms with Gasteiger partial charge in [0.1, 0.15) is 5.75 Å². The molecule has 1 aliphatic heterocycles. The van der Waals surface area contributed by atoms with Gasteiger partial charge in [0, 0.05) is 33.1 Å². The number of carbonyl (C=O) groups is 2. The van der Waals surface area contributed by atoms with Crippen LogP contribution in [-0.4, -0.2) is 75.5 Å². The number of hydrogen-bond donors (Lipinski definition) is 1. The fourth-order valence-corrected chi connectivity index (χ4v) is 3.64. The van der Waals surface area contributed by atoms with Crippen LogP contribution >= 0.6 is 11.8 Å². The predicted octanol–water partition coefficient (Wildman–Crippen LogP) is 0.450. The minimum atomic E-state index is -0.00922. The Labute approximate surface area is 161 Å². The molecule has 0 radical (unpaired) electrons. The van der Waals surface area contributed by atoms with Crippen molar-refractivity contribution in [1.82, 2.24) is 24.7 Å². The number of aromatic nitrogens is 3. The van der Waals surface area contributed by atoms with Crippen LogP contribution in [0.25, 0.3) is 11.4 Å². The highest BCUT2D eigenvalue weighted by Gasteiger charge is 2.23. The monoisotopic (exact) mass is 390 g/mol. The van der Waals surface area contributed by atoms with E-state index in [0.717, 1.165) is 5.56 Å². The molecule has 0 spiro atoms. The molecular formula is C17H22N6O3S. The van der Waals surface area contributed by atoms with Gasteiger partial charge in [0.25, 0.3) is 0 Å². The molecule has 2 aromatic rings. The van der Waals surface area contributed by atoms with E-state index in [-0.39, 0.29) is 17.6 Å². The Morgan fingerprint density at radius 2 is 1.81 bits per heavy atom. The van der Waals surface area contributed by atoms with Gasteiger partial charge in [0.15, 0.2) is 5.82 Å². The van der Waals surface area contributed by atoms with Gasteiger partial charge in [-0.05, 0) is 12.1 Å². The minimum absolute atomic E-state index is 0.00922. The van der Waals surface area contributed by atoms with Crippen LogP contribution in [0.5, 0.6) is 5.75 Å². The number of nitrogen functional groups attached to an aromatic ring is 1. The van der Waals surface area contributed by atoms with E-state index < -0.39 is 0 Å². The smallest absolute Gasteiger partial charge is 0.233 e. The molecule has 1 aromatic carbocycles. The van der Waals surface area contributed by atoms with Gasteiger partial charge in [-0.2, -0.15) is 0 Å². The summed E-state index contributed by atoms with van der Waals surface area (Å²) in [5.41, 5.74) is 0.730. The summed E-state index contributed by atoms with van der Waals surface area (Å²) in [6.07, 6.45) is 0. The molecule has 1 saturated heterocycles. The number of benzene rings is 1. The summed E-state index contributed by atoms with van der Waals surface area (Å²) >= 11 is 1.24. The van der Waals surface area contributed by atoms with Crippen LogP contribution in [0, 0.1) is 0 Å². The number of piperazine rings is 1. The van der Waals surface area contributed by atoms with Gasteiger partial charge in [0.2, 0.25) is 17.0 Å². The topological polar surface area (TPSA) is 107 Å². The van der Waals surface area contributed by atoms with E-state index in [1.54, 1.807) is 23.8 Å². The SMILES string of the molecule is COc1ccccc1-c1nnc(SCC(=O)N2CCN(C(C)=O)CC2)n1N. The third kappa shape index (κ3) is 4.16. The maximum absolute atomic E-state index is 12.4. The lowest BCUT2D eigenvalue weighted by molar-refractivity contribution is -0.136. The second kappa shape index (κ2) is 8.30. The van der Waals surface area contributed by atoms with Crippen LogP contribution in [0.1, 0.15) is 6.92 Å². The fourth-order valence-electron chi connectivity index (χ4n) is 2.88. The predicted molar refractivity (Wildman–Crippen MR) is 102 cm³/mol. The molecule has 3 rings (SSSR count). The van der Waals surface area contributed by atoms with Crippen LogP contribution in [0.4, 0.5) is 0 Å². The summed E-state index contributed by atoms with van der Waals surface area (Å²) < 4.78 is 6.70. The van der Waals surface area contributed by atoms with E-state index in [4.69, 9.17) is 10.6 Å². The Balaban J connectivity index is 1.62. The van der Waals surface area contributed by atoms with E-state index in [1.807, 2.05) is 24.3 Å². The molecule has 1 aliphatic rings. The lowest BCUT2D eigenvalue weighted by Gasteiger charge is -2.34. The summed E-state index contributed by atoms with van der Waals surface area (Å²) in [6, 6.07) is 7.39. The Morgan fingerprint density at radius 3 is 2.48 bits per heavy atom. The summed E-state index contributed by atoms with van der Waals surface area (Å²) in [5.74, 6) is 7.48. The van der Waals surface area contributed by atoms with E-state index in [2.05, 4.69) is 10.2 Å². The van der Waals surface area contributed by atoms with Crippen molar-refractivity contribution >= 4 is 23.6 Å². The average molecular weight is 390 g/mol. The Hall–Kier alpha value is -2.75. The van der Waals surface area contributed by atoms with Crippen LogP contribution in [0.15, 0.2) is 29.4 Å². The van der Waals surface area contributed by atoms with Crippen molar-refractivity contribution in [3.05, 3.63) is 24.3 Å². The first-order valence-corrected chi connectivity index (χ1v) is 9.49. The third-order valence-electron chi connectivity index (χ3n) is 4.41. The molecule has 0 aliphatic carbocycles. The Bertz CT molecular complexity index is 832. The van der Waals surface area contributed by atoms with Crippen LogP contribution in [0.2, 0.25) is 0 Å². The lowest BCUT2D eigenvalue weighted by atomic mass is 10.2. The Kier molecular flexibility index (Phi) is 5.84. The number of nitrogens with two attached hydrogens (primary N) is 1. The first kappa shape index (κ1) is 19.0. The summed E-state index contributed by atoms with van der Waals surface area (Å²) in [4.78, 5) is 27.3. The molecule has 2 heterocycles. The molecule has 0 atom stereocenters. The van der Waals surface area contributed by atoms with Crippen molar-refractivity contribution < 1.29 is 14.3 Å². The highest BCUT2D eigenvalue weighted by molar-refractivity contribution is 7.99. The highest BCUT2D eigenvalue weighted by atomic mass is 32.2. The average Bonchev–Trinajstić information content (AvgIpc) is 3.06. The molecule has 27 heavy (non-hydrogen) atoms. The zero-order valence-electron chi connectivity index (χ0n) is 15.3. The zero-order chi connectivity index (χ0) is 19.4. The number of nitrogens with zero attached hydrogens (tertiary/aromatic N) is 5. The molecule has 144 valence electrons. The summed E-state index contributed by atoms with van der Waals surface area (Å²) in [7, 11) is 1.58. The number of rotatable bonds is 5. The standard InChI is InChI=1S/C17H22N6O3S/c1-12(24)21-7-9-22(10-8-21)15(25)11-27-17-20-19-16(23(17)18)13-5-3-4-6-14(13)26-2/h3-6H,7-11,18H2,1-2H3. The van der Waals surface area contributed by atoms with Crippen LogP contribution < -0.4 is 10.6 Å². The lowest BCUT2D eigenvalue weighted by Crippen LogP contribution is -2.50. The number of amides is 2. The molecule has 2 N–H and O–H groups in total. The van der Waals surface area contributed by atoms with Gasteiger partial charge in [-0.1, -0.05) is 23.9 Å². The summed E-state index contributed by atoms with van der Waals surface area (Å²) in [6.45, 7) is 3.76. The van der Waals surface area contributed by atoms with Crippen molar-refractivity contribution in [2.75, 3.05) is 44.9 Å². The molecule has 0 bridgehead atoms. The molecule has 1 fully saturated rings. The Morgan fingerprint density at radius 1 is 1.15 bits per heavy atom.